The van der Waals surface area contributed by atoms with Gasteiger partial charge in [-0.25, -0.2) is 13.2 Å². The molecule has 1 aliphatic heterocycles. The van der Waals surface area contributed by atoms with Crippen molar-refractivity contribution in [1.82, 2.24) is 4.90 Å². The third-order valence-electron chi connectivity index (χ3n) is 5.08. The highest BCUT2D eigenvalue weighted by molar-refractivity contribution is 7.86. The van der Waals surface area contributed by atoms with E-state index in [-0.39, 0.29) is 12.1 Å². The number of nitrogens with zero attached hydrogens (tertiary/aromatic N) is 2. The Labute approximate surface area is 218 Å². The fourth-order valence-corrected chi connectivity index (χ4v) is 4.41. The number of benzene rings is 1. The van der Waals surface area contributed by atoms with Crippen LogP contribution >= 0.6 is 11.3 Å². The number of aromatic nitrogens is 1. The Hall–Kier alpha value is -2.26. The summed E-state index contributed by atoms with van der Waals surface area (Å²) < 4.78 is 79.1. The standard InChI is InChI=1S/C22H31N2O4S.CHF3O3S/c1-21(2,3)28-20(25)24-17(15-27-22(24,4)5)18(19-23(6)12-13-29-19)26-14-16-10-8-7-9-11-16;2-1(3,4)8(5,6)7/h7-13,17-18H,14-15H2,1-6H3;(H,5,6,7)/q+1;/p-1/t17-,18-;/m0./s1. The molecule has 0 unspecified atom stereocenters. The summed E-state index contributed by atoms with van der Waals surface area (Å²) in [4.78, 5) is 14.8. The van der Waals surface area contributed by atoms with Gasteiger partial charge >= 0.3 is 11.6 Å². The van der Waals surface area contributed by atoms with Crippen LogP contribution in [0.3, 0.4) is 0 Å². The Kier molecular flexibility index (Phi) is 9.74. The Morgan fingerprint density at radius 3 is 2.30 bits per heavy atom. The second-order valence-electron chi connectivity index (χ2n) is 9.64. The van der Waals surface area contributed by atoms with E-state index in [2.05, 4.69) is 0 Å². The van der Waals surface area contributed by atoms with E-state index >= 15 is 0 Å². The van der Waals surface area contributed by atoms with E-state index in [4.69, 9.17) is 27.2 Å². The highest BCUT2D eigenvalue weighted by Crippen LogP contribution is 2.38. The average Bonchev–Trinajstić information content (AvgIpc) is 3.29. The zero-order chi connectivity index (χ0) is 28.2. The predicted molar refractivity (Wildman–Crippen MR) is 127 cm³/mol. The molecule has 1 aromatic heterocycles. The van der Waals surface area contributed by atoms with Gasteiger partial charge in [-0.3, -0.25) is 4.90 Å². The molecule has 0 N–H and O–H groups in total. The SMILES string of the molecule is C[n+]1ccsc1[C@@H](OCc1ccccc1)[C@@H]1COC(C)(C)N1C(=O)OC(C)(C)C.O=S(=O)([O-])C(F)(F)F. The van der Waals surface area contributed by atoms with Gasteiger partial charge in [-0.05, 0) is 40.2 Å². The lowest BCUT2D eigenvalue weighted by molar-refractivity contribution is -0.678. The van der Waals surface area contributed by atoms with Gasteiger partial charge in [0, 0.05) is 0 Å². The van der Waals surface area contributed by atoms with Crippen molar-refractivity contribution in [1.29, 1.82) is 0 Å². The van der Waals surface area contributed by atoms with Gasteiger partial charge in [0.15, 0.2) is 22.4 Å². The molecule has 1 aromatic carbocycles. The third kappa shape index (κ3) is 8.64. The lowest BCUT2D eigenvalue weighted by atomic mass is 10.1. The molecule has 1 saturated heterocycles. The smallest absolute Gasteiger partial charge is 0.485 e. The zero-order valence-electron chi connectivity index (χ0n) is 21.3. The summed E-state index contributed by atoms with van der Waals surface area (Å²) in [5, 5.41) is 3.05. The van der Waals surface area contributed by atoms with Gasteiger partial charge in [-0.15, -0.1) is 0 Å². The van der Waals surface area contributed by atoms with Crippen LogP contribution in [0.15, 0.2) is 41.9 Å². The van der Waals surface area contributed by atoms with Crippen molar-refractivity contribution in [2.45, 2.75) is 70.2 Å². The monoisotopic (exact) mass is 568 g/mol. The molecule has 0 saturated carbocycles. The van der Waals surface area contributed by atoms with Gasteiger partial charge < -0.3 is 18.8 Å². The molecule has 14 heteroatoms. The molecule has 1 fully saturated rings. The first-order valence-electron chi connectivity index (χ1n) is 11.1. The van der Waals surface area contributed by atoms with Gasteiger partial charge in [0.05, 0.1) is 24.6 Å². The molecule has 1 amide bonds. The number of aryl methyl sites for hydroxylation is 1. The second kappa shape index (κ2) is 11.6. The number of hydrogen-bond acceptors (Lipinski definition) is 8. The number of carbonyl (C=O) groups excluding carboxylic acids is 1. The molecule has 1 aliphatic rings. The van der Waals surface area contributed by atoms with Crippen molar-refractivity contribution in [2.75, 3.05) is 6.61 Å². The number of ether oxygens (including phenoxy) is 3. The van der Waals surface area contributed by atoms with E-state index in [9.17, 15) is 18.0 Å². The van der Waals surface area contributed by atoms with Crippen LogP contribution in [0.4, 0.5) is 18.0 Å². The summed E-state index contributed by atoms with van der Waals surface area (Å²) in [6.45, 7) is 10.2. The summed E-state index contributed by atoms with van der Waals surface area (Å²) in [6.07, 6.45) is 1.27. The number of amides is 1. The molecule has 2 heterocycles. The van der Waals surface area contributed by atoms with Crippen molar-refractivity contribution in [3.05, 3.63) is 52.5 Å². The van der Waals surface area contributed by atoms with Gasteiger partial charge in [0.1, 0.15) is 18.4 Å². The van der Waals surface area contributed by atoms with E-state index in [1.165, 1.54) is 0 Å². The summed E-state index contributed by atoms with van der Waals surface area (Å²) >= 11 is 1.61. The van der Waals surface area contributed by atoms with E-state index < -0.39 is 33.0 Å². The van der Waals surface area contributed by atoms with Crippen LogP contribution in [-0.2, 0) is 38.0 Å². The lowest BCUT2D eigenvalue weighted by Gasteiger charge is -2.36. The molecule has 0 bridgehead atoms. The number of thiazole rings is 1. The maximum Gasteiger partial charge on any atom is 0.485 e. The molecule has 0 aliphatic carbocycles. The van der Waals surface area contributed by atoms with E-state index in [0.29, 0.717) is 13.2 Å². The number of halogens is 3. The van der Waals surface area contributed by atoms with E-state index in [1.54, 1.807) is 16.2 Å². The minimum absolute atomic E-state index is 0.298. The van der Waals surface area contributed by atoms with Crippen LogP contribution in [-0.4, -0.2) is 53.4 Å². The molecule has 0 radical (unpaired) electrons. The predicted octanol–water partition coefficient (Wildman–Crippen LogP) is 4.25. The van der Waals surface area contributed by atoms with Gasteiger partial charge in [0.25, 0.3) is 5.01 Å². The largest absolute Gasteiger partial charge is 0.741 e. The maximum absolute atomic E-state index is 13.1. The molecule has 208 valence electrons. The first-order valence-corrected chi connectivity index (χ1v) is 13.4. The van der Waals surface area contributed by atoms with Crippen LogP contribution in [0, 0.1) is 0 Å². The summed E-state index contributed by atoms with van der Waals surface area (Å²) in [5.41, 5.74) is -5.93. The second-order valence-corrected chi connectivity index (χ2v) is 11.9. The molecule has 0 spiro atoms. The topological polar surface area (TPSA) is 109 Å². The lowest BCUT2D eigenvalue weighted by Crippen LogP contribution is -2.52. The van der Waals surface area contributed by atoms with Crippen molar-refractivity contribution < 1.29 is 49.7 Å². The number of alkyl halides is 3. The van der Waals surface area contributed by atoms with E-state index in [1.807, 2.05) is 88.1 Å². The van der Waals surface area contributed by atoms with Gasteiger partial charge in [-0.1, -0.05) is 41.7 Å². The number of carbonyl (C=O) groups is 1. The van der Waals surface area contributed by atoms with Crippen LogP contribution in [0.2, 0.25) is 0 Å². The molecule has 3 rings (SSSR count). The normalized spacial score (nSPS) is 18.6. The Balaban J connectivity index is 0.000000521. The highest BCUT2D eigenvalue weighted by atomic mass is 32.2. The third-order valence-corrected chi connectivity index (χ3v) is 6.67. The minimum atomic E-state index is -6.09. The molecular formula is C23H31F3N2O7S2. The number of hydrogen-bond donors (Lipinski definition) is 0. The fourth-order valence-electron chi connectivity index (χ4n) is 3.44. The summed E-state index contributed by atoms with van der Waals surface area (Å²) in [6, 6.07) is 9.74. The molecule has 2 atom stereocenters. The van der Waals surface area contributed by atoms with Gasteiger partial charge in [-0.2, -0.15) is 17.7 Å². The van der Waals surface area contributed by atoms with E-state index in [0.717, 1.165) is 10.6 Å². The Bertz CT molecular complexity index is 1150. The summed E-state index contributed by atoms with van der Waals surface area (Å²) in [5.74, 6) is 0. The van der Waals surface area contributed by atoms with Crippen LogP contribution in [0.1, 0.15) is 51.3 Å². The highest BCUT2D eigenvalue weighted by Gasteiger charge is 2.51. The first-order chi connectivity index (χ1) is 16.8. The van der Waals surface area contributed by atoms with Crippen LogP contribution < -0.4 is 4.57 Å². The van der Waals surface area contributed by atoms with Crippen molar-refractivity contribution in [3.63, 3.8) is 0 Å². The summed E-state index contributed by atoms with van der Waals surface area (Å²) in [7, 11) is -4.10. The van der Waals surface area contributed by atoms with Crippen molar-refractivity contribution in [3.8, 4) is 0 Å². The van der Waals surface area contributed by atoms with Gasteiger partial charge in [0.2, 0.25) is 0 Å². The number of rotatable bonds is 5. The average molecular weight is 569 g/mol. The molecule has 37 heavy (non-hydrogen) atoms. The molecule has 2 aromatic rings. The Morgan fingerprint density at radius 2 is 1.84 bits per heavy atom. The zero-order valence-corrected chi connectivity index (χ0v) is 22.9. The van der Waals surface area contributed by atoms with Crippen molar-refractivity contribution in [2.24, 2.45) is 7.05 Å². The first kappa shape index (κ1) is 31.0. The fraction of sp³-hybridized carbons (Fsp3) is 0.565. The molecular weight excluding hydrogens is 537 g/mol. The van der Waals surface area contributed by atoms with Crippen LogP contribution in [0.25, 0.3) is 0 Å². The Morgan fingerprint density at radius 1 is 1.27 bits per heavy atom. The maximum atomic E-state index is 13.1. The quantitative estimate of drug-likeness (QED) is 0.301. The minimum Gasteiger partial charge on any atom is -0.741 e. The van der Waals surface area contributed by atoms with Crippen LogP contribution in [0.5, 0.6) is 0 Å². The molecule has 9 nitrogen and oxygen atoms in total. The van der Waals surface area contributed by atoms with Crippen molar-refractivity contribution >= 4 is 27.5 Å².